The molecule has 0 bridgehead atoms. The molecule has 0 aliphatic carbocycles. The lowest BCUT2D eigenvalue weighted by Crippen LogP contribution is -2.70. The minimum atomic E-state index is -0.484. The van der Waals surface area contributed by atoms with Gasteiger partial charge in [0.25, 0.3) is 0 Å². The van der Waals surface area contributed by atoms with Gasteiger partial charge in [-0.05, 0) is 69.6 Å². The number of nitrogens with zero attached hydrogens (tertiary/aromatic N) is 4. The summed E-state index contributed by atoms with van der Waals surface area (Å²) in [5, 5.41) is 3.55. The van der Waals surface area contributed by atoms with Crippen LogP contribution in [0.3, 0.4) is 0 Å². The molecule has 8 nitrogen and oxygen atoms in total. The van der Waals surface area contributed by atoms with Crippen molar-refractivity contribution in [1.29, 1.82) is 0 Å². The largest absolute Gasteiger partial charge is 0.459 e. The second-order valence-corrected chi connectivity index (χ2v) is 13.8. The Hall–Kier alpha value is -3.49. The fourth-order valence-corrected chi connectivity index (χ4v) is 6.99. The number of carbonyl (C=O) groups is 1. The van der Waals surface area contributed by atoms with Crippen molar-refractivity contribution in [3.05, 3.63) is 87.5 Å². The second-order valence-electron chi connectivity index (χ2n) is 13.8. The van der Waals surface area contributed by atoms with E-state index < -0.39 is 5.60 Å². The van der Waals surface area contributed by atoms with Gasteiger partial charge in [-0.1, -0.05) is 62.4 Å². The fraction of sp³-hybridized carbons (Fsp3) is 0.514. The van der Waals surface area contributed by atoms with Crippen LogP contribution in [0.4, 0.5) is 5.82 Å². The molecule has 1 spiro atoms. The number of anilines is 1. The third kappa shape index (κ3) is 6.13. The molecular weight excluding hydrogens is 538 g/mol. The third-order valence-corrected chi connectivity index (χ3v) is 9.17. The van der Waals surface area contributed by atoms with Crippen LogP contribution in [0.25, 0.3) is 5.69 Å². The average Bonchev–Trinajstić information content (AvgIpc) is 2.95. The molecule has 1 unspecified atom stereocenters. The molecule has 0 saturated carbocycles. The van der Waals surface area contributed by atoms with E-state index in [1.165, 1.54) is 11.1 Å². The van der Waals surface area contributed by atoms with E-state index in [0.29, 0.717) is 6.54 Å². The van der Waals surface area contributed by atoms with Gasteiger partial charge in [-0.25, -0.2) is 4.79 Å². The number of esters is 1. The summed E-state index contributed by atoms with van der Waals surface area (Å²) in [6, 6.07) is 18.5. The first kappa shape index (κ1) is 29.6. The number of aromatic nitrogens is 2. The van der Waals surface area contributed by atoms with Crippen LogP contribution in [-0.2, 0) is 29.0 Å². The number of piperidine rings is 1. The maximum Gasteiger partial charge on any atom is 0.354 e. The highest BCUT2D eigenvalue weighted by Crippen LogP contribution is 2.38. The van der Waals surface area contributed by atoms with Crippen LogP contribution < -0.4 is 15.9 Å². The first-order valence-electron chi connectivity index (χ1n) is 15.8. The van der Waals surface area contributed by atoms with Gasteiger partial charge in [0, 0.05) is 49.5 Å². The van der Waals surface area contributed by atoms with Gasteiger partial charge in [0.15, 0.2) is 0 Å². The van der Waals surface area contributed by atoms with Crippen molar-refractivity contribution in [3.63, 3.8) is 0 Å². The van der Waals surface area contributed by atoms with Crippen molar-refractivity contribution < 1.29 is 9.53 Å². The maximum absolute atomic E-state index is 14.0. The van der Waals surface area contributed by atoms with E-state index in [0.717, 1.165) is 74.6 Å². The lowest BCUT2D eigenvalue weighted by Gasteiger charge is -2.53. The maximum atomic E-state index is 14.0. The number of carbonyl (C=O) groups excluding carboxylic acids is 1. The molecule has 1 atom stereocenters. The number of fused-ring (bicyclic) bond motifs is 1. The Morgan fingerprint density at radius 2 is 1.72 bits per heavy atom. The van der Waals surface area contributed by atoms with Crippen LogP contribution >= 0.6 is 0 Å². The fourth-order valence-electron chi connectivity index (χ4n) is 6.99. The van der Waals surface area contributed by atoms with Gasteiger partial charge in [-0.15, -0.1) is 0 Å². The van der Waals surface area contributed by atoms with Crippen LogP contribution in [0.5, 0.6) is 0 Å². The number of para-hydroxylation sites is 1. The first-order valence-corrected chi connectivity index (χ1v) is 15.8. The van der Waals surface area contributed by atoms with E-state index in [2.05, 4.69) is 65.4 Å². The summed E-state index contributed by atoms with van der Waals surface area (Å²) in [5.74, 6) is 0.956. The monoisotopic (exact) mass is 583 g/mol. The summed E-state index contributed by atoms with van der Waals surface area (Å²) in [6.07, 6.45) is 3.45. The highest BCUT2D eigenvalue weighted by Gasteiger charge is 2.49. The summed E-state index contributed by atoms with van der Waals surface area (Å²) in [6.45, 7) is 14.1. The number of hydrogen-bond acceptors (Lipinski definition) is 7. The molecule has 0 amide bonds. The van der Waals surface area contributed by atoms with Crippen LogP contribution in [0, 0.1) is 0 Å². The van der Waals surface area contributed by atoms with E-state index in [-0.39, 0.29) is 29.2 Å². The molecule has 2 fully saturated rings. The summed E-state index contributed by atoms with van der Waals surface area (Å²) in [5.41, 5.74) is 4.86. The highest BCUT2D eigenvalue weighted by molar-refractivity contribution is 5.78. The van der Waals surface area contributed by atoms with Gasteiger partial charge in [0.2, 0.25) is 0 Å². The zero-order chi connectivity index (χ0) is 30.4. The van der Waals surface area contributed by atoms with Gasteiger partial charge in [0.1, 0.15) is 17.5 Å². The molecule has 3 aromatic rings. The predicted molar refractivity (Wildman–Crippen MR) is 170 cm³/mol. The normalized spacial score (nSPS) is 20.1. The van der Waals surface area contributed by atoms with Crippen molar-refractivity contribution >= 4 is 11.8 Å². The Labute approximate surface area is 255 Å². The van der Waals surface area contributed by atoms with Crippen molar-refractivity contribution in [1.82, 2.24) is 19.8 Å². The summed E-state index contributed by atoms with van der Waals surface area (Å²) in [4.78, 5) is 36.1. The van der Waals surface area contributed by atoms with Gasteiger partial charge >= 0.3 is 11.7 Å². The zero-order valence-corrected chi connectivity index (χ0v) is 26.2. The summed E-state index contributed by atoms with van der Waals surface area (Å²) in [7, 11) is 0. The van der Waals surface area contributed by atoms with Crippen LogP contribution in [0.1, 0.15) is 82.2 Å². The van der Waals surface area contributed by atoms with Crippen molar-refractivity contribution in [3.8, 4) is 5.69 Å². The minimum Gasteiger partial charge on any atom is -0.459 e. The molecule has 3 aliphatic heterocycles. The van der Waals surface area contributed by atoms with E-state index >= 15 is 0 Å². The molecule has 6 rings (SSSR count). The van der Waals surface area contributed by atoms with E-state index in [1.54, 1.807) is 0 Å². The van der Waals surface area contributed by atoms with Crippen LogP contribution in [-0.4, -0.2) is 57.2 Å². The van der Waals surface area contributed by atoms with Gasteiger partial charge in [-0.2, -0.15) is 4.98 Å². The SMILES string of the molecule is CC(C)c1ccccc1-n1c2c(c(N3CCC4(CC3)CC(C(=O)OC(C)(C)C)N4)nc1=O)CCN(Cc1ccccc1)C2. The lowest BCUT2D eigenvalue weighted by molar-refractivity contribution is -0.163. The number of ether oxygens (including phenoxy) is 1. The number of hydrogen-bond donors (Lipinski definition) is 1. The summed E-state index contributed by atoms with van der Waals surface area (Å²) < 4.78 is 7.48. The minimum absolute atomic E-state index is 0.0458. The quantitative estimate of drug-likeness (QED) is 0.411. The molecule has 228 valence electrons. The molecule has 3 aliphatic rings. The molecule has 1 aromatic heterocycles. The Kier molecular flexibility index (Phi) is 7.94. The first-order chi connectivity index (χ1) is 20.5. The van der Waals surface area contributed by atoms with Crippen LogP contribution in [0.2, 0.25) is 0 Å². The van der Waals surface area contributed by atoms with Crippen molar-refractivity contribution in [2.45, 2.75) is 96.5 Å². The van der Waals surface area contributed by atoms with Crippen molar-refractivity contribution in [2.24, 2.45) is 0 Å². The van der Waals surface area contributed by atoms with E-state index in [9.17, 15) is 9.59 Å². The van der Waals surface area contributed by atoms with E-state index in [4.69, 9.17) is 9.72 Å². The average molecular weight is 584 g/mol. The number of nitrogens with one attached hydrogen (secondary N) is 1. The topological polar surface area (TPSA) is 79.7 Å². The molecule has 2 aromatic carbocycles. The Morgan fingerprint density at radius 1 is 1.05 bits per heavy atom. The molecule has 4 heterocycles. The standard InChI is InChI=1S/C35H45N5O3/c1-24(2)26-13-9-10-14-29(26)40-30-23-38(22-25-11-7-6-8-12-25)18-15-27(30)31(36-33(40)42)39-19-16-35(17-20-39)21-28(37-35)32(41)43-34(3,4)5/h6-14,24,28,37H,15-23H2,1-5H3. The number of rotatable bonds is 6. The zero-order valence-electron chi connectivity index (χ0n) is 26.2. The predicted octanol–water partition coefficient (Wildman–Crippen LogP) is 4.96. The van der Waals surface area contributed by atoms with Gasteiger partial charge in [0.05, 0.1) is 5.69 Å². The Balaban J connectivity index is 1.28. The molecule has 43 heavy (non-hydrogen) atoms. The molecule has 8 heteroatoms. The highest BCUT2D eigenvalue weighted by atomic mass is 16.6. The molecule has 0 radical (unpaired) electrons. The molecule has 2 saturated heterocycles. The van der Waals surface area contributed by atoms with Gasteiger partial charge < -0.3 is 9.64 Å². The number of benzene rings is 2. The van der Waals surface area contributed by atoms with Crippen LogP contribution in [0.15, 0.2) is 59.4 Å². The molecular formula is C35H45N5O3. The van der Waals surface area contributed by atoms with Crippen molar-refractivity contribution in [2.75, 3.05) is 24.5 Å². The molecule has 1 N–H and O–H groups in total. The Morgan fingerprint density at radius 3 is 2.40 bits per heavy atom. The summed E-state index contributed by atoms with van der Waals surface area (Å²) >= 11 is 0. The second kappa shape index (κ2) is 11.5. The van der Waals surface area contributed by atoms with E-state index in [1.807, 2.05) is 43.5 Å². The third-order valence-electron chi connectivity index (χ3n) is 9.17. The lowest BCUT2D eigenvalue weighted by atomic mass is 9.74. The van der Waals surface area contributed by atoms with Gasteiger partial charge in [-0.3, -0.25) is 19.6 Å². The Bertz CT molecular complexity index is 1530. The smallest absolute Gasteiger partial charge is 0.354 e.